The molecule has 0 aromatic rings. The van der Waals surface area contributed by atoms with Gasteiger partial charge in [-0.1, -0.05) is 19.1 Å². The maximum absolute atomic E-state index is 10.9. The van der Waals surface area contributed by atoms with Gasteiger partial charge in [0, 0.05) is 0 Å². The van der Waals surface area contributed by atoms with Crippen LogP contribution in [0.5, 0.6) is 0 Å². The van der Waals surface area contributed by atoms with Crippen molar-refractivity contribution in [1.29, 1.82) is 0 Å². The van der Waals surface area contributed by atoms with Gasteiger partial charge in [0.05, 0.1) is 25.7 Å². The normalized spacial score (nSPS) is 17.1. The number of aliphatic hydroxyl groups excluding tert-OH is 2. The third kappa shape index (κ3) is 8.44. The Balaban J connectivity index is 3.74. The second-order valence-corrected chi connectivity index (χ2v) is 4.11. The fourth-order valence-corrected chi connectivity index (χ4v) is 1.28. The molecule has 0 aromatic carbocycles. The van der Waals surface area contributed by atoms with E-state index in [1.807, 2.05) is 13.0 Å². The first kappa shape index (κ1) is 15.1. The molecule has 94 valence electrons. The average molecular weight is 230 g/mol. The quantitative estimate of drug-likeness (QED) is 0.510. The Bertz CT molecular complexity index is 223. The summed E-state index contributed by atoms with van der Waals surface area (Å²) >= 11 is 0. The van der Waals surface area contributed by atoms with Gasteiger partial charge in [-0.15, -0.1) is 0 Å². The van der Waals surface area contributed by atoms with Crippen molar-refractivity contribution in [3.63, 3.8) is 0 Å². The summed E-state index contributed by atoms with van der Waals surface area (Å²) in [5, 5.41) is 18.5. The van der Waals surface area contributed by atoms with Crippen LogP contribution in [0.2, 0.25) is 0 Å². The van der Waals surface area contributed by atoms with Gasteiger partial charge >= 0.3 is 5.97 Å². The molecule has 0 aliphatic rings. The van der Waals surface area contributed by atoms with Gasteiger partial charge in [-0.2, -0.15) is 0 Å². The first-order valence-corrected chi connectivity index (χ1v) is 5.57. The van der Waals surface area contributed by atoms with Gasteiger partial charge in [0.2, 0.25) is 0 Å². The van der Waals surface area contributed by atoms with Crippen LogP contribution in [0.15, 0.2) is 12.2 Å². The van der Waals surface area contributed by atoms with E-state index in [9.17, 15) is 9.90 Å². The first-order chi connectivity index (χ1) is 7.45. The zero-order valence-electron chi connectivity index (χ0n) is 10.2. The Morgan fingerprint density at radius 2 is 1.88 bits per heavy atom. The van der Waals surface area contributed by atoms with Gasteiger partial charge in [-0.05, 0) is 25.7 Å². The molecule has 0 saturated carbocycles. The highest BCUT2D eigenvalue weighted by Gasteiger charge is 2.11. The molecule has 0 amide bonds. The number of esters is 1. The number of carbonyl (C=O) groups excluding carboxylic acids is 1. The van der Waals surface area contributed by atoms with E-state index in [0.717, 1.165) is 6.42 Å². The first-order valence-electron chi connectivity index (χ1n) is 5.57. The molecule has 0 bridgehead atoms. The maximum Gasteiger partial charge on any atom is 0.308 e. The molecule has 0 heterocycles. The Hall–Kier alpha value is -0.870. The zero-order valence-corrected chi connectivity index (χ0v) is 10.2. The molecule has 0 aliphatic carbocycles. The van der Waals surface area contributed by atoms with Crippen LogP contribution in [0, 0.1) is 5.92 Å². The standard InChI is InChI=1S/C12H22O4/c1-9(4-6-10(2)13)5-7-11(14)8-12(15)16-3/h4,6,9-11,13-14H,5,7-8H2,1-3H3/b6-4+/t9-,10?,11+/m0/s1. The van der Waals surface area contributed by atoms with Crippen molar-refractivity contribution in [1.82, 2.24) is 0 Å². The van der Waals surface area contributed by atoms with Crippen LogP contribution < -0.4 is 0 Å². The highest BCUT2D eigenvalue weighted by Crippen LogP contribution is 2.12. The van der Waals surface area contributed by atoms with Crippen molar-refractivity contribution in [2.75, 3.05) is 7.11 Å². The van der Waals surface area contributed by atoms with E-state index in [0.29, 0.717) is 6.42 Å². The van der Waals surface area contributed by atoms with Crippen LogP contribution in [0.4, 0.5) is 0 Å². The molecule has 3 atom stereocenters. The number of aliphatic hydroxyl groups is 2. The Morgan fingerprint density at radius 1 is 1.25 bits per heavy atom. The molecule has 2 N–H and O–H groups in total. The topological polar surface area (TPSA) is 66.8 Å². The minimum absolute atomic E-state index is 0.0450. The van der Waals surface area contributed by atoms with Gasteiger partial charge in [0.25, 0.3) is 0 Å². The lowest BCUT2D eigenvalue weighted by Crippen LogP contribution is -2.15. The number of methoxy groups -OCH3 is 1. The largest absolute Gasteiger partial charge is 0.469 e. The van der Waals surface area contributed by atoms with E-state index in [-0.39, 0.29) is 18.3 Å². The predicted molar refractivity (Wildman–Crippen MR) is 61.9 cm³/mol. The van der Waals surface area contributed by atoms with Crippen LogP contribution in [0.3, 0.4) is 0 Å². The van der Waals surface area contributed by atoms with Gasteiger partial charge in [-0.25, -0.2) is 0 Å². The van der Waals surface area contributed by atoms with E-state index in [1.54, 1.807) is 13.0 Å². The molecule has 0 fully saturated rings. The Labute approximate surface area is 96.9 Å². The number of hydrogen-bond donors (Lipinski definition) is 2. The second kappa shape index (κ2) is 8.30. The van der Waals surface area contributed by atoms with Crippen LogP contribution in [-0.2, 0) is 9.53 Å². The van der Waals surface area contributed by atoms with Gasteiger partial charge in [0.15, 0.2) is 0 Å². The molecule has 4 heteroatoms. The molecule has 0 spiro atoms. The maximum atomic E-state index is 10.9. The minimum atomic E-state index is -0.644. The molecule has 1 unspecified atom stereocenters. The van der Waals surface area contributed by atoms with Crippen molar-refractivity contribution < 1.29 is 19.7 Å². The number of rotatable bonds is 7. The molecular weight excluding hydrogens is 208 g/mol. The summed E-state index contributed by atoms with van der Waals surface area (Å²) in [6, 6.07) is 0. The third-order valence-corrected chi connectivity index (χ3v) is 2.30. The van der Waals surface area contributed by atoms with Gasteiger partial charge < -0.3 is 14.9 Å². The summed E-state index contributed by atoms with van der Waals surface area (Å²) in [6.45, 7) is 3.69. The summed E-state index contributed by atoms with van der Waals surface area (Å²) in [5.41, 5.74) is 0. The van der Waals surface area contributed by atoms with Gasteiger partial charge in [0.1, 0.15) is 0 Å². The number of allylic oxidation sites excluding steroid dienone is 1. The van der Waals surface area contributed by atoms with Crippen molar-refractivity contribution >= 4 is 5.97 Å². The fourth-order valence-electron chi connectivity index (χ4n) is 1.28. The molecule has 0 saturated heterocycles. The summed E-state index contributed by atoms with van der Waals surface area (Å²) in [5.74, 6) is -0.110. The molecule has 16 heavy (non-hydrogen) atoms. The van der Waals surface area contributed by atoms with E-state index in [4.69, 9.17) is 5.11 Å². The average Bonchev–Trinajstić information content (AvgIpc) is 2.23. The van der Waals surface area contributed by atoms with Gasteiger partial charge in [-0.3, -0.25) is 4.79 Å². The zero-order chi connectivity index (χ0) is 12.6. The van der Waals surface area contributed by atoms with Crippen molar-refractivity contribution in [2.45, 2.75) is 45.3 Å². The lowest BCUT2D eigenvalue weighted by atomic mass is 10.0. The predicted octanol–water partition coefficient (Wildman–Crippen LogP) is 1.26. The summed E-state index contributed by atoms with van der Waals surface area (Å²) in [7, 11) is 1.31. The molecule has 0 rings (SSSR count). The molecule has 4 nitrogen and oxygen atoms in total. The molecular formula is C12H22O4. The number of carbonyl (C=O) groups is 1. The smallest absolute Gasteiger partial charge is 0.308 e. The lowest BCUT2D eigenvalue weighted by Gasteiger charge is -2.11. The van der Waals surface area contributed by atoms with E-state index >= 15 is 0 Å². The SMILES string of the molecule is COC(=O)C[C@H](O)CC[C@@H](C)/C=C/C(C)O. The number of ether oxygens (including phenoxy) is 1. The summed E-state index contributed by atoms with van der Waals surface area (Å²) in [6.07, 6.45) is 3.93. The van der Waals surface area contributed by atoms with Crippen LogP contribution in [0.25, 0.3) is 0 Å². The summed E-state index contributed by atoms with van der Waals surface area (Å²) in [4.78, 5) is 10.9. The Kier molecular flexibility index (Phi) is 7.85. The van der Waals surface area contributed by atoms with Crippen molar-refractivity contribution in [3.8, 4) is 0 Å². The highest BCUT2D eigenvalue weighted by atomic mass is 16.5. The second-order valence-electron chi connectivity index (χ2n) is 4.11. The van der Waals surface area contributed by atoms with Crippen LogP contribution in [-0.4, -0.2) is 35.5 Å². The van der Waals surface area contributed by atoms with Crippen molar-refractivity contribution in [2.24, 2.45) is 5.92 Å². The van der Waals surface area contributed by atoms with E-state index < -0.39 is 12.2 Å². The van der Waals surface area contributed by atoms with Crippen LogP contribution >= 0.6 is 0 Å². The highest BCUT2D eigenvalue weighted by molar-refractivity contribution is 5.69. The summed E-state index contributed by atoms with van der Waals surface area (Å²) < 4.78 is 4.46. The number of hydrogen-bond acceptors (Lipinski definition) is 4. The van der Waals surface area contributed by atoms with Crippen LogP contribution in [0.1, 0.15) is 33.1 Å². The minimum Gasteiger partial charge on any atom is -0.469 e. The Morgan fingerprint density at radius 3 is 2.38 bits per heavy atom. The fraction of sp³-hybridized carbons (Fsp3) is 0.750. The third-order valence-electron chi connectivity index (χ3n) is 2.30. The van der Waals surface area contributed by atoms with E-state index in [2.05, 4.69) is 4.74 Å². The molecule has 0 radical (unpaired) electrons. The monoisotopic (exact) mass is 230 g/mol. The molecule has 0 aliphatic heterocycles. The van der Waals surface area contributed by atoms with E-state index in [1.165, 1.54) is 7.11 Å². The molecule has 0 aromatic heterocycles. The lowest BCUT2D eigenvalue weighted by molar-refractivity contribution is -0.142. The van der Waals surface area contributed by atoms with Crippen molar-refractivity contribution in [3.05, 3.63) is 12.2 Å².